The summed E-state index contributed by atoms with van der Waals surface area (Å²) in [6, 6.07) is 0. The fourth-order valence-electron chi connectivity index (χ4n) is 3.35. The van der Waals surface area contributed by atoms with Crippen LogP contribution < -0.4 is 0 Å². The quantitative estimate of drug-likeness (QED) is 0.705. The predicted octanol–water partition coefficient (Wildman–Crippen LogP) is 2.03. The van der Waals surface area contributed by atoms with Gasteiger partial charge in [-0.3, -0.25) is 0 Å². The molecule has 106 valence electrons. The van der Waals surface area contributed by atoms with E-state index in [1.807, 2.05) is 0 Å². The molecule has 0 unspecified atom stereocenters. The second-order valence-corrected chi connectivity index (χ2v) is 5.82. The molecule has 1 saturated heterocycles. The lowest BCUT2D eigenvalue weighted by atomic mass is 9.75. The zero-order chi connectivity index (χ0) is 13.1. The highest BCUT2D eigenvalue weighted by molar-refractivity contribution is 4.96. The number of nitrogens with zero attached hydrogens (tertiary/aromatic N) is 1. The molecule has 1 spiro atoms. The van der Waals surface area contributed by atoms with Gasteiger partial charge < -0.3 is 19.1 Å². The minimum absolute atomic E-state index is 0.249. The van der Waals surface area contributed by atoms with E-state index in [4.69, 9.17) is 14.2 Å². The van der Waals surface area contributed by atoms with Crippen molar-refractivity contribution < 1.29 is 14.2 Å². The minimum Gasteiger partial charge on any atom is -0.385 e. The zero-order valence-electron chi connectivity index (χ0n) is 12.0. The number of hydrogen-bond donors (Lipinski definition) is 0. The molecule has 0 amide bonds. The second-order valence-electron chi connectivity index (χ2n) is 5.82. The highest BCUT2D eigenvalue weighted by Crippen LogP contribution is 2.44. The minimum atomic E-state index is -0.249. The molecular formula is C14H27NO3. The van der Waals surface area contributed by atoms with E-state index in [1.165, 1.54) is 6.42 Å². The Morgan fingerprint density at radius 1 is 1.06 bits per heavy atom. The van der Waals surface area contributed by atoms with Crippen LogP contribution in [0.2, 0.25) is 0 Å². The van der Waals surface area contributed by atoms with Gasteiger partial charge in [-0.05, 0) is 39.8 Å². The lowest BCUT2D eigenvalue weighted by molar-refractivity contribution is -0.193. The van der Waals surface area contributed by atoms with Gasteiger partial charge in [-0.2, -0.15) is 0 Å². The third-order valence-corrected chi connectivity index (χ3v) is 4.70. The van der Waals surface area contributed by atoms with Gasteiger partial charge in [0.25, 0.3) is 0 Å². The van der Waals surface area contributed by atoms with Crippen LogP contribution in [0.4, 0.5) is 0 Å². The van der Waals surface area contributed by atoms with Crippen LogP contribution in [0, 0.1) is 0 Å². The normalized spacial score (nSPS) is 26.0. The smallest absolute Gasteiger partial charge is 0.168 e. The Morgan fingerprint density at radius 3 is 2.17 bits per heavy atom. The van der Waals surface area contributed by atoms with Crippen molar-refractivity contribution >= 4 is 0 Å². The van der Waals surface area contributed by atoms with Crippen molar-refractivity contribution in [3.05, 3.63) is 0 Å². The molecule has 0 aromatic rings. The summed E-state index contributed by atoms with van der Waals surface area (Å²) in [6.45, 7) is 2.38. The Kier molecular flexibility index (Phi) is 4.64. The van der Waals surface area contributed by atoms with Crippen LogP contribution >= 0.6 is 0 Å². The van der Waals surface area contributed by atoms with Gasteiger partial charge in [-0.15, -0.1) is 0 Å². The summed E-state index contributed by atoms with van der Waals surface area (Å²) in [5.41, 5.74) is 0.305. The van der Waals surface area contributed by atoms with E-state index < -0.39 is 0 Å². The Balaban J connectivity index is 1.92. The third kappa shape index (κ3) is 2.87. The molecule has 0 aromatic heterocycles. The van der Waals surface area contributed by atoms with E-state index in [0.717, 1.165) is 51.9 Å². The van der Waals surface area contributed by atoms with Gasteiger partial charge in [-0.25, -0.2) is 0 Å². The second kappa shape index (κ2) is 5.87. The Morgan fingerprint density at radius 2 is 1.67 bits per heavy atom. The summed E-state index contributed by atoms with van der Waals surface area (Å²) in [6.07, 6.45) is 6.69. The molecule has 1 saturated carbocycles. The molecule has 1 aliphatic carbocycles. The van der Waals surface area contributed by atoms with Crippen LogP contribution in [0.3, 0.4) is 0 Å². The molecule has 4 heteroatoms. The molecular weight excluding hydrogens is 230 g/mol. The third-order valence-electron chi connectivity index (χ3n) is 4.70. The van der Waals surface area contributed by atoms with E-state index in [0.29, 0.717) is 5.54 Å². The number of hydrogen-bond acceptors (Lipinski definition) is 4. The summed E-state index contributed by atoms with van der Waals surface area (Å²) >= 11 is 0. The molecule has 1 heterocycles. The van der Waals surface area contributed by atoms with Gasteiger partial charge in [-0.1, -0.05) is 0 Å². The van der Waals surface area contributed by atoms with Gasteiger partial charge in [0.1, 0.15) is 0 Å². The van der Waals surface area contributed by atoms with Crippen LogP contribution in [-0.4, -0.2) is 57.3 Å². The van der Waals surface area contributed by atoms with Crippen LogP contribution in [0.25, 0.3) is 0 Å². The highest BCUT2D eigenvalue weighted by Gasteiger charge is 2.46. The summed E-state index contributed by atoms with van der Waals surface area (Å²) in [5.74, 6) is -0.249. The van der Waals surface area contributed by atoms with Crippen molar-refractivity contribution in [2.75, 3.05) is 41.0 Å². The molecule has 1 aliphatic heterocycles. The van der Waals surface area contributed by atoms with Gasteiger partial charge in [0.05, 0.1) is 13.2 Å². The Hall–Kier alpha value is -0.160. The van der Waals surface area contributed by atoms with Crippen molar-refractivity contribution in [1.29, 1.82) is 0 Å². The van der Waals surface area contributed by atoms with Crippen LogP contribution in [0.1, 0.15) is 38.5 Å². The van der Waals surface area contributed by atoms with Crippen molar-refractivity contribution in [2.24, 2.45) is 0 Å². The predicted molar refractivity (Wildman–Crippen MR) is 70.6 cm³/mol. The number of rotatable bonds is 5. The SMILES string of the molecule is COCCCC1(N(C)C)CCC2(CC1)OCCO2. The first kappa shape index (κ1) is 14.3. The molecule has 18 heavy (non-hydrogen) atoms. The van der Waals surface area contributed by atoms with E-state index in [2.05, 4.69) is 19.0 Å². The zero-order valence-corrected chi connectivity index (χ0v) is 12.0. The van der Waals surface area contributed by atoms with Crippen molar-refractivity contribution in [1.82, 2.24) is 4.90 Å². The van der Waals surface area contributed by atoms with Gasteiger partial charge in [0.15, 0.2) is 5.79 Å². The van der Waals surface area contributed by atoms with Crippen LogP contribution in [0.15, 0.2) is 0 Å². The standard InChI is InChI=1S/C14H27NO3/c1-15(2)13(5-4-10-16-3)6-8-14(9-7-13)17-11-12-18-14/h4-12H2,1-3H3. The van der Waals surface area contributed by atoms with Crippen molar-refractivity contribution in [3.63, 3.8) is 0 Å². The molecule has 2 rings (SSSR count). The van der Waals surface area contributed by atoms with E-state index in [-0.39, 0.29) is 5.79 Å². The fraction of sp³-hybridized carbons (Fsp3) is 1.00. The maximum atomic E-state index is 5.81. The lowest BCUT2D eigenvalue weighted by Crippen LogP contribution is -2.51. The summed E-state index contributed by atoms with van der Waals surface area (Å²) < 4.78 is 16.8. The lowest BCUT2D eigenvalue weighted by Gasteiger charge is -2.47. The summed E-state index contributed by atoms with van der Waals surface area (Å²) in [5, 5.41) is 0. The topological polar surface area (TPSA) is 30.9 Å². The molecule has 0 radical (unpaired) electrons. The molecule has 0 bridgehead atoms. The molecule has 0 aromatic carbocycles. The highest BCUT2D eigenvalue weighted by atomic mass is 16.7. The maximum absolute atomic E-state index is 5.81. The Bertz CT molecular complexity index is 252. The molecule has 0 atom stereocenters. The van der Waals surface area contributed by atoms with Gasteiger partial charge >= 0.3 is 0 Å². The first-order valence-electron chi connectivity index (χ1n) is 7.07. The first-order chi connectivity index (χ1) is 8.63. The molecule has 2 aliphatic rings. The van der Waals surface area contributed by atoms with E-state index in [9.17, 15) is 0 Å². The molecule has 4 nitrogen and oxygen atoms in total. The first-order valence-corrected chi connectivity index (χ1v) is 7.07. The molecule has 2 fully saturated rings. The monoisotopic (exact) mass is 257 g/mol. The maximum Gasteiger partial charge on any atom is 0.168 e. The fourth-order valence-corrected chi connectivity index (χ4v) is 3.35. The summed E-state index contributed by atoms with van der Waals surface area (Å²) in [4.78, 5) is 2.39. The van der Waals surface area contributed by atoms with Gasteiger partial charge in [0, 0.05) is 32.1 Å². The summed E-state index contributed by atoms with van der Waals surface area (Å²) in [7, 11) is 6.17. The average Bonchev–Trinajstić information content (AvgIpc) is 2.81. The van der Waals surface area contributed by atoms with Crippen molar-refractivity contribution in [3.8, 4) is 0 Å². The van der Waals surface area contributed by atoms with Crippen LogP contribution in [0.5, 0.6) is 0 Å². The number of ether oxygens (including phenoxy) is 3. The Labute approximate surface area is 111 Å². The average molecular weight is 257 g/mol. The largest absolute Gasteiger partial charge is 0.385 e. The number of methoxy groups -OCH3 is 1. The van der Waals surface area contributed by atoms with E-state index >= 15 is 0 Å². The molecule has 0 N–H and O–H groups in total. The van der Waals surface area contributed by atoms with Crippen LogP contribution in [-0.2, 0) is 14.2 Å². The van der Waals surface area contributed by atoms with E-state index in [1.54, 1.807) is 7.11 Å². The van der Waals surface area contributed by atoms with Crippen molar-refractivity contribution in [2.45, 2.75) is 49.9 Å². The van der Waals surface area contributed by atoms with Gasteiger partial charge in [0.2, 0.25) is 0 Å².